The van der Waals surface area contributed by atoms with Crippen molar-refractivity contribution in [2.75, 3.05) is 0 Å². The van der Waals surface area contributed by atoms with Crippen molar-refractivity contribution in [2.24, 2.45) is 5.10 Å². The minimum absolute atomic E-state index is 0.293. The Morgan fingerprint density at radius 3 is 2.65 bits per heavy atom. The van der Waals surface area contributed by atoms with Crippen LogP contribution in [0, 0.1) is 6.92 Å². The second-order valence-corrected chi connectivity index (χ2v) is 5.02. The van der Waals surface area contributed by atoms with Crippen LogP contribution in [0.1, 0.15) is 21.5 Å². The van der Waals surface area contributed by atoms with E-state index in [2.05, 4.69) is 10.5 Å². The molecule has 3 nitrogen and oxygen atoms in total. The third-order valence-corrected chi connectivity index (χ3v) is 3.28. The average molecular weight is 307 g/mol. The number of nitrogens with zero attached hydrogens (tertiary/aromatic N) is 1. The lowest BCUT2D eigenvalue weighted by molar-refractivity contribution is 0.0955. The van der Waals surface area contributed by atoms with Crippen molar-refractivity contribution in [1.82, 2.24) is 5.43 Å². The molecule has 0 aliphatic carbocycles. The first-order valence-corrected chi connectivity index (χ1v) is 6.67. The molecule has 20 heavy (non-hydrogen) atoms. The highest BCUT2D eigenvalue weighted by Gasteiger charge is 2.09. The maximum absolute atomic E-state index is 11.9. The van der Waals surface area contributed by atoms with Crippen LogP contribution in [0.4, 0.5) is 0 Å². The van der Waals surface area contributed by atoms with Crippen molar-refractivity contribution >= 4 is 35.3 Å². The number of hydrazone groups is 1. The maximum Gasteiger partial charge on any atom is 0.272 e. The zero-order chi connectivity index (χ0) is 14.5. The number of rotatable bonds is 3. The van der Waals surface area contributed by atoms with E-state index < -0.39 is 0 Å². The minimum Gasteiger partial charge on any atom is -0.267 e. The van der Waals surface area contributed by atoms with E-state index in [-0.39, 0.29) is 5.91 Å². The fourth-order valence-electron chi connectivity index (χ4n) is 1.63. The van der Waals surface area contributed by atoms with Crippen molar-refractivity contribution in [3.05, 3.63) is 69.2 Å². The van der Waals surface area contributed by atoms with Gasteiger partial charge in [0.2, 0.25) is 0 Å². The second kappa shape index (κ2) is 6.55. The highest BCUT2D eigenvalue weighted by Crippen LogP contribution is 2.20. The van der Waals surface area contributed by atoms with Crippen LogP contribution < -0.4 is 5.43 Å². The molecular weight excluding hydrogens is 295 g/mol. The van der Waals surface area contributed by atoms with Gasteiger partial charge in [-0.1, -0.05) is 47.5 Å². The van der Waals surface area contributed by atoms with E-state index in [1.165, 1.54) is 6.07 Å². The monoisotopic (exact) mass is 306 g/mol. The molecule has 0 unspecified atom stereocenters. The van der Waals surface area contributed by atoms with Gasteiger partial charge in [0.05, 0.1) is 16.8 Å². The molecule has 0 aliphatic rings. The van der Waals surface area contributed by atoms with Crippen LogP contribution in [-0.2, 0) is 0 Å². The van der Waals surface area contributed by atoms with Gasteiger partial charge in [0.1, 0.15) is 0 Å². The van der Waals surface area contributed by atoms with Crippen LogP contribution in [0.15, 0.2) is 47.6 Å². The Bertz CT molecular complexity index is 669. The predicted molar refractivity (Wildman–Crippen MR) is 82.7 cm³/mol. The summed E-state index contributed by atoms with van der Waals surface area (Å²) in [6.07, 6.45) is 1.59. The summed E-state index contributed by atoms with van der Waals surface area (Å²) in [4.78, 5) is 11.9. The highest BCUT2D eigenvalue weighted by molar-refractivity contribution is 6.36. The van der Waals surface area contributed by atoms with E-state index in [1.807, 2.05) is 31.2 Å². The fraction of sp³-hybridized carbons (Fsp3) is 0.0667. The van der Waals surface area contributed by atoms with Crippen molar-refractivity contribution in [1.29, 1.82) is 0 Å². The summed E-state index contributed by atoms with van der Waals surface area (Å²) < 4.78 is 0. The fourth-order valence-corrected chi connectivity index (χ4v) is 2.12. The van der Waals surface area contributed by atoms with Gasteiger partial charge in [0.15, 0.2) is 0 Å². The lowest BCUT2D eigenvalue weighted by atomic mass is 10.1. The number of hydrogen-bond acceptors (Lipinski definition) is 2. The smallest absolute Gasteiger partial charge is 0.267 e. The summed E-state index contributed by atoms with van der Waals surface area (Å²) in [5, 5.41) is 4.70. The number of carbonyl (C=O) groups excluding carboxylic acids is 1. The Kier molecular flexibility index (Phi) is 4.77. The average Bonchev–Trinajstić information content (AvgIpc) is 2.40. The zero-order valence-electron chi connectivity index (χ0n) is 10.7. The van der Waals surface area contributed by atoms with Gasteiger partial charge in [-0.3, -0.25) is 4.79 Å². The molecule has 2 aromatic carbocycles. The molecule has 1 N–H and O–H groups in total. The van der Waals surface area contributed by atoms with Gasteiger partial charge in [-0.15, -0.1) is 0 Å². The topological polar surface area (TPSA) is 41.5 Å². The Morgan fingerprint density at radius 1 is 1.20 bits per heavy atom. The predicted octanol–water partition coefficient (Wildman–Crippen LogP) is 4.07. The number of hydrogen-bond donors (Lipinski definition) is 1. The molecule has 0 saturated heterocycles. The summed E-state index contributed by atoms with van der Waals surface area (Å²) in [6.45, 7) is 1.97. The second-order valence-electron chi connectivity index (χ2n) is 4.18. The first kappa shape index (κ1) is 14.6. The molecule has 0 radical (unpaired) electrons. The van der Waals surface area contributed by atoms with Gasteiger partial charge in [0, 0.05) is 5.02 Å². The molecule has 0 bridgehead atoms. The summed E-state index contributed by atoms with van der Waals surface area (Å²) in [7, 11) is 0. The van der Waals surface area contributed by atoms with Gasteiger partial charge in [-0.25, -0.2) is 5.43 Å². The number of halogens is 2. The van der Waals surface area contributed by atoms with E-state index >= 15 is 0 Å². The lowest BCUT2D eigenvalue weighted by Gasteiger charge is -2.03. The summed E-state index contributed by atoms with van der Waals surface area (Å²) >= 11 is 11.7. The molecule has 2 rings (SSSR count). The minimum atomic E-state index is -0.378. The van der Waals surface area contributed by atoms with Gasteiger partial charge in [-0.05, 0) is 36.2 Å². The number of carbonyl (C=O) groups is 1. The normalized spacial score (nSPS) is 10.8. The molecule has 0 heterocycles. The van der Waals surface area contributed by atoms with Crippen molar-refractivity contribution in [2.45, 2.75) is 6.92 Å². The van der Waals surface area contributed by atoms with Crippen molar-refractivity contribution < 1.29 is 4.79 Å². The first-order chi connectivity index (χ1) is 9.58. The molecular formula is C15H12Cl2N2O. The Morgan fingerprint density at radius 2 is 1.95 bits per heavy atom. The lowest BCUT2D eigenvalue weighted by Crippen LogP contribution is -2.18. The molecule has 0 fully saturated rings. The Labute approximate surface area is 127 Å². The maximum atomic E-state index is 11.9. The third kappa shape index (κ3) is 3.59. The van der Waals surface area contributed by atoms with Gasteiger partial charge in [0.25, 0.3) is 5.91 Å². The van der Waals surface area contributed by atoms with E-state index in [1.54, 1.807) is 18.3 Å². The molecule has 1 amide bonds. The SMILES string of the molecule is Cc1ccccc1/C=N/NC(=O)c1ccc(Cl)cc1Cl. The molecule has 0 spiro atoms. The highest BCUT2D eigenvalue weighted by atomic mass is 35.5. The van der Waals surface area contributed by atoms with Crippen molar-refractivity contribution in [3.8, 4) is 0 Å². The number of benzene rings is 2. The number of amides is 1. The van der Waals surface area contributed by atoms with E-state index in [0.717, 1.165) is 11.1 Å². The molecule has 5 heteroatoms. The van der Waals surface area contributed by atoms with Crippen molar-refractivity contribution in [3.63, 3.8) is 0 Å². The molecule has 0 atom stereocenters. The number of aryl methyl sites for hydroxylation is 1. The van der Waals surface area contributed by atoms with E-state index in [9.17, 15) is 4.79 Å². The van der Waals surface area contributed by atoms with Crippen LogP contribution in [-0.4, -0.2) is 12.1 Å². The largest absolute Gasteiger partial charge is 0.272 e. The molecule has 0 saturated carbocycles. The van der Waals surface area contributed by atoms with Gasteiger partial charge in [-0.2, -0.15) is 5.10 Å². The van der Waals surface area contributed by atoms with Gasteiger partial charge >= 0.3 is 0 Å². The third-order valence-electron chi connectivity index (χ3n) is 2.73. The van der Waals surface area contributed by atoms with E-state index in [4.69, 9.17) is 23.2 Å². The van der Waals surface area contributed by atoms with Crippen LogP contribution in [0.5, 0.6) is 0 Å². The number of nitrogens with one attached hydrogen (secondary N) is 1. The van der Waals surface area contributed by atoms with Crippen LogP contribution in [0.3, 0.4) is 0 Å². The summed E-state index contributed by atoms with van der Waals surface area (Å²) in [6, 6.07) is 12.4. The Hall–Kier alpha value is -1.84. The van der Waals surface area contributed by atoms with Crippen LogP contribution in [0.25, 0.3) is 0 Å². The quantitative estimate of drug-likeness (QED) is 0.674. The zero-order valence-corrected chi connectivity index (χ0v) is 12.2. The summed E-state index contributed by atoms with van der Waals surface area (Å²) in [5.41, 5.74) is 4.79. The molecule has 2 aromatic rings. The molecule has 102 valence electrons. The van der Waals surface area contributed by atoms with E-state index in [0.29, 0.717) is 15.6 Å². The molecule has 0 aliphatic heterocycles. The summed E-state index contributed by atoms with van der Waals surface area (Å²) in [5.74, 6) is -0.378. The standard InChI is InChI=1S/C15H12Cl2N2O/c1-10-4-2-3-5-11(10)9-18-19-15(20)13-7-6-12(16)8-14(13)17/h2-9H,1H3,(H,19,20)/b18-9+. The molecule has 0 aromatic heterocycles. The van der Waals surface area contributed by atoms with Crippen LogP contribution >= 0.6 is 23.2 Å². The van der Waals surface area contributed by atoms with Gasteiger partial charge < -0.3 is 0 Å². The first-order valence-electron chi connectivity index (χ1n) is 5.92. The Balaban J connectivity index is 2.07. The van der Waals surface area contributed by atoms with Crippen LogP contribution in [0.2, 0.25) is 10.0 Å².